The highest BCUT2D eigenvalue weighted by molar-refractivity contribution is 7.89. The Morgan fingerprint density at radius 1 is 1.38 bits per heavy atom. The summed E-state index contributed by atoms with van der Waals surface area (Å²) in [6, 6.07) is 0. The van der Waals surface area contributed by atoms with Gasteiger partial charge < -0.3 is 10.6 Å². The average molecular weight is 315 g/mol. The number of piperidine rings is 1. The van der Waals surface area contributed by atoms with Gasteiger partial charge in [0, 0.05) is 26.2 Å². The van der Waals surface area contributed by atoms with Gasteiger partial charge in [0.25, 0.3) is 0 Å². The zero-order valence-corrected chi connectivity index (χ0v) is 13.8. The summed E-state index contributed by atoms with van der Waals surface area (Å²) in [7, 11) is 0.596. The molecule has 120 valence electrons. The molecule has 1 aliphatic heterocycles. The number of aromatic amines is 1. The second kappa shape index (κ2) is 6.43. The molecular formula is C13H25N5O2S. The normalized spacial score (nSPS) is 18.5. The number of hydrogen-bond donors (Lipinski definition) is 2. The minimum Gasteiger partial charge on any atom is -0.325 e. The number of H-pyrrole nitrogens is 1. The van der Waals surface area contributed by atoms with E-state index in [1.165, 1.54) is 0 Å². The van der Waals surface area contributed by atoms with Crippen molar-refractivity contribution in [3.63, 3.8) is 0 Å². The Balaban J connectivity index is 2.13. The van der Waals surface area contributed by atoms with E-state index in [2.05, 4.69) is 15.1 Å². The van der Waals surface area contributed by atoms with Gasteiger partial charge in [-0.25, -0.2) is 8.42 Å². The lowest BCUT2D eigenvalue weighted by Gasteiger charge is -2.32. The maximum Gasteiger partial charge on any atom is 0.246 e. The van der Waals surface area contributed by atoms with Crippen LogP contribution in [0.25, 0.3) is 0 Å². The molecule has 1 aliphatic rings. The molecule has 1 saturated heterocycles. The Labute approximate surface area is 126 Å². The molecule has 0 bridgehead atoms. The summed E-state index contributed by atoms with van der Waals surface area (Å²) in [6.07, 6.45) is 1.79. The predicted octanol–water partition coefficient (Wildman–Crippen LogP) is 0.139. The van der Waals surface area contributed by atoms with Crippen LogP contribution in [0.1, 0.15) is 24.2 Å². The van der Waals surface area contributed by atoms with Crippen LogP contribution in [-0.4, -0.2) is 61.5 Å². The number of aromatic nitrogens is 2. The number of nitrogens with zero attached hydrogens (tertiary/aromatic N) is 3. The fourth-order valence-electron chi connectivity index (χ4n) is 2.93. The van der Waals surface area contributed by atoms with Crippen LogP contribution in [0.3, 0.4) is 0 Å². The molecule has 0 aromatic carbocycles. The molecule has 7 nitrogen and oxygen atoms in total. The first-order valence-electron chi connectivity index (χ1n) is 7.25. The van der Waals surface area contributed by atoms with Gasteiger partial charge in [0.05, 0.1) is 11.4 Å². The lowest BCUT2D eigenvalue weighted by molar-refractivity contribution is 0.225. The molecule has 0 radical (unpaired) electrons. The van der Waals surface area contributed by atoms with E-state index in [4.69, 9.17) is 5.73 Å². The third-order valence-corrected chi connectivity index (χ3v) is 6.05. The molecule has 0 saturated carbocycles. The van der Waals surface area contributed by atoms with E-state index in [-0.39, 0.29) is 11.4 Å². The van der Waals surface area contributed by atoms with Gasteiger partial charge in [0.15, 0.2) is 0 Å². The first kappa shape index (κ1) is 16.4. The zero-order chi connectivity index (χ0) is 15.6. The second-order valence-corrected chi connectivity index (χ2v) is 7.81. The quantitative estimate of drug-likeness (QED) is 0.806. The maximum absolute atomic E-state index is 12.8. The van der Waals surface area contributed by atoms with Crippen molar-refractivity contribution in [2.75, 3.05) is 33.7 Å². The molecule has 21 heavy (non-hydrogen) atoms. The Bertz CT molecular complexity index is 573. The smallest absolute Gasteiger partial charge is 0.246 e. The molecule has 2 heterocycles. The van der Waals surface area contributed by atoms with Gasteiger partial charge in [0.1, 0.15) is 4.90 Å². The number of aryl methyl sites for hydroxylation is 1. The Kier molecular flexibility index (Phi) is 5.03. The van der Waals surface area contributed by atoms with Crippen LogP contribution < -0.4 is 5.73 Å². The Hall–Kier alpha value is -0.960. The van der Waals surface area contributed by atoms with Gasteiger partial charge in [-0.1, -0.05) is 0 Å². The molecule has 0 aliphatic carbocycles. The first-order chi connectivity index (χ1) is 9.86. The van der Waals surface area contributed by atoms with Crippen molar-refractivity contribution in [2.24, 2.45) is 11.7 Å². The van der Waals surface area contributed by atoms with Gasteiger partial charge in [-0.15, -0.1) is 0 Å². The van der Waals surface area contributed by atoms with Crippen LogP contribution in [0.4, 0.5) is 0 Å². The predicted molar refractivity (Wildman–Crippen MR) is 81.3 cm³/mol. The van der Waals surface area contributed by atoms with Crippen molar-refractivity contribution >= 4 is 10.0 Å². The van der Waals surface area contributed by atoms with Crippen LogP contribution in [-0.2, 0) is 16.6 Å². The molecule has 0 spiro atoms. The van der Waals surface area contributed by atoms with Gasteiger partial charge in [-0.3, -0.25) is 5.10 Å². The Morgan fingerprint density at radius 3 is 2.52 bits per heavy atom. The summed E-state index contributed by atoms with van der Waals surface area (Å²) in [5.74, 6) is 0.561. The van der Waals surface area contributed by atoms with E-state index in [1.54, 1.807) is 11.2 Å². The fourth-order valence-corrected chi connectivity index (χ4v) is 4.74. The monoisotopic (exact) mass is 315 g/mol. The minimum absolute atomic E-state index is 0.121. The molecule has 8 heteroatoms. The molecule has 0 unspecified atom stereocenters. The number of sulfonamides is 1. The third kappa shape index (κ3) is 3.45. The molecule has 0 amide bonds. The largest absolute Gasteiger partial charge is 0.325 e. The highest BCUT2D eigenvalue weighted by Crippen LogP contribution is 2.27. The van der Waals surface area contributed by atoms with Crippen molar-refractivity contribution in [3.05, 3.63) is 11.4 Å². The van der Waals surface area contributed by atoms with Crippen molar-refractivity contribution in [1.82, 2.24) is 19.4 Å². The van der Waals surface area contributed by atoms with Gasteiger partial charge >= 0.3 is 0 Å². The fraction of sp³-hybridized carbons (Fsp3) is 0.769. The zero-order valence-electron chi connectivity index (χ0n) is 13.0. The van der Waals surface area contributed by atoms with Crippen LogP contribution in [0.2, 0.25) is 0 Å². The van der Waals surface area contributed by atoms with E-state index in [0.29, 0.717) is 30.4 Å². The van der Waals surface area contributed by atoms with E-state index in [0.717, 1.165) is 19.4 Å². The van der Waals surface area contributed by atoms with E-state index in [1.807, 2.05) is 14.1 Å². The summed E-state index contributed by atoms with van der Waals surface area (Å²) < 4.78 is 27.1. The van der Waals surface area contributed by atoms with Crippen molar-refractivity contribution < 1.29 is 8.42 Å². The topological polar surface area (TPSA) is 95.3 Å². The first-order valence-corrected chi connectivity index (χ1v) is 8.69. The summed E-state index contributed by atoms with van der Waals surface area (Å²) in [5.41, 5.74) is 6.58. The van der Waals surface area contributed by atoms with Crippen molar-refractivity contribution in [2.45, 2.75) is 31.2 Å². The van der Waals surface area contributed by atoms with Gasteiger partial charge in [0.2, 0.25) is 10.0 Å². The van der Waals surface area contributed by atoms with E-state index < -0.39 is 10.0 Å². The van der Waals surface area contributed by atoms with E-state index in [9.17, 15) is 8.42 Å². The molecule has 3 N–H and O–H groups in total. The van der Waals surface area contributed by atoms with Gasteiger partial charge in [-0.05, 0) is 39.8 Å². The van der Waals surface area contributed by atoms with Crippen molar-refractivity contribution in [3.8, 4) is 0 Å². The maximum atomic E-state index is 12.8. The molecular weight excluding hydrogens is 290 g/mol. The molecule has 2 rings (SSSR count). The second-order valence-electron chi connectivity index (χ2n) is 5.94. The lowest BCUT2D eigenvalue weighted by atomic mass is 9.98. The van der Waals surface area contributed by atoms with Crippen LogP contribution in [0, 0.1) is 12.8 Å². The number of nitrogens with one attached hydrogen (secondary N) is 1. The summed E-state index contributed by atoms with van der Waals surface area (Å²) in [5, 5.41) is 6.71. The number of nitrogens with two attached hydrogens (primary N) is 1. The highest BCUT2D eigenvalue weighted by Gasteiger charge is 2.33. The Morgan fingerprint density at radius 2 is 2.00 bits per heavy atom. The highest BCUT2D eigenvalue weighted by atomic mass is 32.2. The molecule has 1 fully saturated rings. The number of rotatable bonds is 5. The average Bonchev–Trinajstić information content (AvgIpc) is 2.80. The summed E-state index contributed by atoms with van der Waals surface area (Å²) in [6.45, 7) is 3.98. The molecule has 0 atom stereocenters. The molecule has 1 aromatic heterocycles. The lowest BCUT2D eigenvalue weighted by Crippen LogP contribution is -2.41. The summed E-state index contributed by atoms with van der Waals surface area (Å²) in [4.78, 5) is 2.41. The van der Waals surface area contributed by atoms with Crippen molar-refractivity contribution in [1.29, 1.82) is 0 Å². The van der Waals surface area contributed by atoms with Gasteiger partial charge in [-0.2, -0.15) is 9.40 Å². The van der Waals surface area contributed by atoms with E-state index >= 15 is 0 Å². The van der Waals surface area contributed by atoms with Crippen LogP contribution in [0.5, 0.6) is 0 Å². The minimum atomic E-state index is -3.50. The SMILES string of the molecule is Cc1[nH]nc(CN)c1S(=O)(=O)N1CCC(CN(C)C)CC1. The van der Waals surface area contributed by atoms with Crippen LogP contribution >= 0.6 is 0 Å². The summed E-state index contributed by atoms with van der Waals surface area (Å²) >= 11 is 0. The molecule has 1 aromatic rings. The standard InChI is InChI=1S/C13H25N5O2S/c1-10-13(12(8-14)16-15-10)21(19,20)18-6-4-11(5-7-18)9-17(2)3/h11H,4-9,14H2,1-3H3,(H,15,16). The third-order valence-electron chi connectivity index (χ3n) is 3.95. The van der Waals surface area contributed by atoms with Crippen LogP contribution in [0.15, 0.2) is 4.90 Å². The number of hydrogen-bond acceptors (Lipinski definition) is 5.